The van der Waals surface area contributed by atoms with Crippen LogP contribution in [0.25, 0.3) is 0 Å². The van der Waals surface area contributed by atoms with E-state index in [0.29, 0.717) is 28.4 Å². The van der Waals surface area contributed by atoms with Gasteiger partial charge in [0.25, 0.3) is 11.8 Å². The Morgan fingerprint density at radius 1 is 1.00 bits per heavy atom. The van der Waals surface area contributed by atoms with E-state index in [4.69, 9.17) is 11.6 Å². The zero-order valence-electron chi connectivity index (χ0n) is 14.7. The van der Waals surface area contributed by atoms with Crippen LogP contribution in [0.15, 0.2) is 67.0 Å². The van der Waals surface area contributed by atoms with E-state index in [1.165, 1.54) is 0 Å². The Kier molecular flexibility index (Phi) is 5.84. The van der Waals surface area contributed by atoms with Gasteiger partial charge in [0.1, 0.15) is 0 Å². The highest BCUT2D eigenvalue weighted by molar-refractivity contribution is 6.31. The molecule has 3 aromatic rings. The molecule has 0 aliphatic rings. The highest BCUT2D eigenvalue weighted by atomic mass is 35.5. The third-order valence-corrected chi connectivity index (χ3v) is 4.27. The molecule has 0 fully saturated rings. The van der Waals surface area contributed by atoms with Crippen molar-refractivity contribution < 1.29 is 9.59 Å². The zero-order chi connectivity index (χ0) is 19.2. The van der Waals surface area contributed by atoms with Crippen LogP contribution in [0.3, 0.4) is 0 Å². The minimum Gasteiger partial charge on any atom is -0.348 e. The molecule has 0 radical (unpaired) electrons. The molecule has 0 saturated carbocycles. The number of benzene rings is 2. The molecule has 2 N–H and O–H groups in total. The molecule has 5 nitrogen and oxygen atoms in total. The molecule has 0 spiro atoms. The first-order valence-electron chi connectivity index (χ1n) is 8.37. The summed E-state index contributed by atoms with van der Waals surface area (Å²) in [6.45, 7) is 2.28. The van der Waals surface area contributed by atoms with E-state index in [1.807, 2.05) is 25.1 Å². The second-order valence-corrected chi connectivity index (χ2v) is 6.47. The number of nitrogens with one attached hydrogen (secondary N) is 2. The summed E-state index contributed by atoms with van der Waals surface area (Å²) < 4.78 is 0. The van der Waals surface area contributed by atoms with Gasteiger partial charge in [-0.1, -0.05) is 23.7 Å². The van der Waals surface area contributed by atoms with Crippen LogP contribution in [0.1, 0.15) is 31.8 Å². The normalized spacial score (nSPS) is 10.3. The van der Waals surface area contributed by atoms with E-state index >= 15 is 0 Å². The van der Waals surface area contributed by atoms with Crippen LogP contribution >= 0.6 is 11.6 Å². The number of nitrogens with zero attached hydrogens (tertiary/aromatic N) is 1. The van der Waals surface area contributed by atoms with Gasteiger partial charge in [-0.2, -0.15) is 0 Å². The smallest absolute Gasteiger partial charge is 0.255 e. The van der Waals surface area contributed by atoms with Crippen LogP contribution in [0.2, 0.25) is 5.02 Å². The van der Waals surface area contributed by atoms with Crippen LogP contribution < -0.4 is 10.6 Å². The third-order valence-electron chi connectivity index (χ3n) is 4.03. The predicted molar refractivity (Wildman–Crippen MR) is 106 cm³/mol. The molecule has 0 unspecified atom stereocenters. The van der Waals surface area contributed by atoms with E-state index in [-0.39, 0.29) is 11.8 Å². The van der Waals surface area contributed by atoms with Crippen LogP contribution in [-0.4, -0.2) is 16.8 Å². The standard InChI is InChI=1S/C21H18ClN3O2/c1-14-4-9-18(22)11-19(14)25-21(27)17-7-5-16(6-8-17)20(26)24-13-15-3-2-10-23-12-15/h2-12H,13H2,1H3,(H,24,26)(H,25,27). The van der Waals surface area contributed by atoms with Gasteiger partial charge in [-0.15, -0.1) is 0 Å². The minimum atomic E-state index is -0.261. The molecule has 136 valence electrons. The average molecular weight is 380 g/mol. The first-order valence-corrected chi connectivity index (χ1v) is 8.75. The molecule has 27 heavy (non-hydrogen) atoms. The first kappa shape index (κ1) is 18.6. The molecular weight excluding hydrogens is 362 g/mol. The lowest BCUT2D eigenvalue weighted by molar-refractivity contribution is 0.0949. The number of amides is 2. The summed E-state index contributed by atoms with van der Waals surface area (Å²) in [6, 6.07) is 15.5. The monoisotopic (exact) mass is 379 g/mol. The Morgan fingerprint density at radius 3 is 2.37 bits per heavy atom. The summed E-state index contributed by atoms with van der Waals surface area (Å²) in [5.74, 6) is -0.473. The molecule has 3 rings (SSSR count). The van der Waals surface area contributed by atoms with E-state index in [9.17, 15) is 9.59 Å². The fourth-order valence-corrected chi connectivity index (χ4v) is 2.66. The highest BCUT2D eigenvalue weighted by Crippen LogP contribution is 2.21. The molecule has 1 aromatic heterocycles. The van der Waals surface area contributed by atoms with E-state index < -0.39 is 0 Å². The van der Waals surface area contributed by atoms with Crippen molar-refractivity contribution in [2.45, 2.75) is 13.5 Å². The van der Waals surface area contributed by atoms with Gasteiger partial charge in [0.2, 0.25) is 0 Å². The summed E-state index contributed by atoms with van der Waals surface area (Å²) >= 11 is 5.98. The van der Waals surface area contributed by atoms with Gasteiger partial charge in [0.05, 0.1) is 0 Å². The van der Waals surface area contributed by atoms with Crippen molar-refractivity contribution in [2.24, 2.45) is 0 Å². The van der Waals surface area contributed by atoms with Crippen LogP contribution in [0.5, 0.6) is 0 Å². The largest absolute Gasteiger partial charge is 0.348 e. The Balaban J connectivity index is 1.63. The molecule has 2 amide bonds. The molecule has 0 atom stereocenters. The maximum absolute atomic E-state index is 12.4. The SMILES string of the molecule is Cc1ccc(Cl)cc1NC(=O)c1ccc(C(=O)NCc2cccnc2)cc1. The van der Waals surface area contributed by atoms with E-state index in [1.54, 1.807) is 48.8 Å². The van der Waals surface area contributed by atoms with Gasteiger partial charge < -0.3 is 10.6 Å². The Hall–Kier alpha value is -3.18. The number of hydrogen-bond donors (Lipinski definition) is 2. The molecule has 1 heterocycles. The molecular formula is C21H18ClN3O2. The van der Waals surface area contributed by atoms with Crippen molar-refractivity contribution in [1.29, 1.82) is 0 Å². The van der Waals surface area contributed by atoms with Crippen molar-refractivity contribution >= 4 is 29.1 Å². The van der Waals surface area contributed by atoms with Gasteiger partial charge in [-0.25, -0.2) is 0 Å². The lowest BCUT2D eigenvalue weighted by Gasteiger charge is -2.09. The van der Waals surface area contributed by atoms with Gasteiger partial charge in [0, 0.05) is 40.8 Å². The number of pyridine rings is 1. The van der Waals surface area contributed by atoms with Crippen molar-refractivity contribution in [3.63, 3.8) is 0 Å². The second kappa shape index (κ2) is 8.47. The van der Waals surface area contributed by atoms with Crippen molar-refractivity contribution in [2.75, 3.05) is 5.32 Å². The van der Waals surface area contributed by atoms with Crippen LogP contribution in [0, 0.1) is 6.92 Å². The maximum atomic E-state index is 12.4. The van der Waals surface area contributed by atoms with E-state index in [2.05, 4.69) is 15.6 Å². The Morgan fingerprint density at radius 2 is 1.70 bits per heavy atom. The second-order valence-electron chi connectivity index (χ2n) is 6.03. The Labute approximate surface area is 162 Å². The summed E-state index contributed by atoms with van der Waals surface area (Å²) in [5, 5.41) is 6.21. The van der Waals surface area contributed by atoms with Gasteiger partial charge in [0.15, 0.2) is 0 Å². The molecule has 0 aliphatic heterocycles. The zero-order valence-corrected chi connectivity index (χ0v) is 15.5. The summed E-state index contributed by atoms with van der Waals surface area (Å²) in [4.78, 5) is 28.6. The summed E-state index contributed by atoms with van der Waals surface area (Å²) in [6.07, 6.45) is 3.38. The van der Waals surface area contributed by atoms with Gasteiger partial charge in [-0.3, -0.25) is 14.6 Å². The topological polar surface area (TPSA) is 71.1 Å². The number of carbonyl (C=O) groups is 2. The van der Waals surface area contributed by atoms with Crippen LogP contribution in [0.4, 0.5) is 5.69 Å². The molecule has 0 saturated heterocycles. The number of carbonyl (C=O) groups excluding carboxylic acids is 2. The quantitative estimate of drug-likeness (QED) is 0.697. The summed E-state index contributed by atoms with van der Waals surface area (Å²) in [7, 11) is 0. The number of hydrogen-bond acceptors (Lipinski definition) is 3. The number of halogens is 1. The lowest BCUT2D eigenvalue weighted by Crippen LogP contribution is -2.23. The molecule has 0 bridgehead atoms. The van der Waals surface area contributed by atoms with E-state index in [0.717, 1.165) is 11.1 Å². The third kappa shape index (κ3) is 4.92. The van der Waals surface area contributed by atoms with Gasteiger partial charge >= 0.3 is 0 Å². The van der Waals surface area contributed by atoms with Gasteiger partial charge in [-0.05, 0) is 60.5 Å². The predicted octanol–water partition coefficient (Wildman–Crippen LogP) is 4.23. The van der Waals surface area contributed by atoms with Crippen molar-refractivity contribution in [1.82, 2.24) is 10.3 Å². The Bertz CT molecular complexity index is 957. The maximum Gasteiger partial charge on any atom is 0.255 e. The summed E-state index contributed by atoms with van der Waals surface area (Å²) in [5.41, 5.74) is 3.43. The molecule has 2 aromatic carbocycles. The number of aryl methyl sites for hydroxylation is 1. The highest BCUT2D eigenvalue weighted by Gasteiger charge is 2.10. The number of anilines is 1. The first-order chi connectivity index (χ1) is 13.0. The molecule has 6 heteroatoms. The number of aromatic nitrogens is 1. The van der Waals surface area contributed by atoms with Crippen molar-refractivity contribution in [3.8, 4) is 0 Å². The lowest BCUT2D eigenvalue weighted by atomic mass is 10.1. The molecule has 0 aliphatic carbocycles. The number of rotatable bonds is 5. The van der Waals surface area contributed by atoms with Crippen LogP contribution in [-0.2, 0) is 6.54 Å². The average Bonchev–Trinajstić information content (AvgIpc) is 2.70. The fraction of sp³-hybridized carbons (Fsp3) is 0.0952. The minimum absolute atomic E-state index is 0.212. The fourth-order valence-electron chi connectivity index (χ4n) is 2.48. The van der Waals surface area contributed by atoms with Crippen molar-refractivity contribution in [3.05, 3.63) is 94.3 Å².